The molecular weight excluding hydrogens is 234 g/mol. The number of hydrogen-bond acceptors (Lipinski definition) is 2. The Hall–Kier alpha value is -1.67. The molecule has 2 aromatic rings. The van der Waals surface area contributed by atoms with E-state index in [0.717, 1.165) is 31.2 Å². The summed E-state index contributed by atoms with van der Waals surface area (Å²) in [6.45, 7) is 2.17. The number of hydrogen-bond donors (Lipinski definition) is 1. The number of aromatic nitrogens is 1. The topological polar surface area (TPSA) is 33.1 Å². The van der Waals surface area contributed by atoms with Crippen LogP contribution in [0.5, 0.6) is 0 Å². The van der Waals surface area contributed by atoms with E-state index in [4.69, 9.17) is 0 Å². The normalized spacial score (nSPS) is 12.3. The van der Waals surface area contributed by atoms with Crippen molar-refractivity contribution in [3.63, 3.8) is 0 Å². The van der Waals surface area contributed by atoms with Gasteiger partial charge < -0.3 is 5.11 Å². The molecule has 0 bridgehead atoms. The molecule has 0 aliphatic heterocycles. The van der Waals surface area contributed by atoms with Gasteiger partial charge in [-0.05, 0) is 48.1 Å². The van der Waals surface area contributed by atoms with Crippen LogP contribution in [0.25, 0.3) is 0 Å². The lowest BCUT2D eigenvalue weighted by molar-refractivity contribution is 0.167. The Morgan fingerprint density at radius 1 is 1.05 bits per heavy atom. The van der Waals surface area contributed by atoms with E-state index in [1.54, 1.807) is 12.4 Å². The van der Waals surface area contributed by atoms with Crippen molar-refractivity contribution in [2.75, 3.05) is 0 Å². The van der Waals surface area contributed by atoms with Crippen molar-refractivity contribution >= 4 is 0 Å². The van der Waals surface area contributed by atoms with Crippen LogP contribution in [0.3, 0.4) is 0 Å². The third-order valence-corrected chi connectivity index (χ3v) is 3.33. The molecule has 1 atom stereocenters. The first kappa shape index (κ1) is 13.8. The van der Waals surface area contributed by atoms with Crippen LogP contribution in [0.1, 0.15) is 42.6 Å². The zero-order valence-electron chi connectivity index (χ0n) is 11.4. The summed E-state index contributed by atoms with van der Waals surface area (Å²) >= 11 is 0. The first-order valence-corrected chi connectivity index (χ1v) is 6.95. The van der Waals surface area contributed by atoms with Gasteiger partial charge in [0, 0.05) is 12.4 Å². The minimum Gasteiger partial charge on any atom is -0.388 e. The van der Waals surface area contributed by atoms with Crippen molar-refractivity contribution in [3.05, 3.63) is 65.5 Å². The van der Waals surface area contributed by atoms with Crippen molar-refractivity contribution in [1.82, 2.24) is 4.98 Å². The van der Waals surface area contributed by atoms with Crippen LogP contribution in [0, 0.1) is 0 Å². The molecule has 1 unspecified atom stereocenters. The van der Waals surface area contributed by atoms with Gasteiger partial charge in [0.15, 0.2) is 0 Å². The molecular formula is C17H21NO. The molecule has 0 aliphatic rings. The minimum absolute atomic E-state index is 0.384. The van der Waals surface area contributed by atoms with Gasteiger partial charge in [-0.15, -0.1) is 0 Å². The molecule has 0 aliphatic carbocycles. The summed E-state index contributed by atoms with van der Waals surface area (Å²) in [5, 5.41) is 10.3. The highest BCUT2D eigenvalue weighted by atomic mass is 16.3. The van der Waals surface area contributed by atoms with Gasteiger partial charge in [0.2, 0.25) is 0 Å². The molecule has 100 valence electrons. The first-order chi connectivity index (χ1) is 9.29. The third-order valence-electron chi connectivity index (χ3n) is 3.33. The predicted molar refractivity (Wildman–Crippen MR) is 78.0 cm³/mol. The van der Waals surface area contributed by atoms with Crippen LogP contribution in [0.2, 0.25) is 0 Å². The van der Waals surface area contributed by atoms with Gasteiger partial charge >= 0.3 is 0 Å². The van der Waals surface area contributed by atoms with Gasteiger partial charge in [-0.2, -0.15) is 0 Å². The number of aliphatic hydroxyl groups is 1. The lowest BCUT2D eigenvalue weighted by Gasteiger charge is -2.12. The number of rotatable bonds is 6. The van der Waals surface area contributed by atoms with E-state index in [9.17, 15) is 5.11 Å². The molecule has 0 saturated heterocycles. The Morgan fingerprint density at radius 3 is 2.58 bits per heavy atom. The van der Waals surface area contributed by atoms with Crippen molar-refractivity contribution in [2.24, 2.45) is 0 Å². The molecule has 0 saturated carbocycles. The second kappa shape index (κ2) is 7.05. The number of nitrogens with zero attached hydrogens (tertiary/aromatic N) is 1. The molecule has 0 amide bonds. The maximum absolute atomic E-state index is 10.3. The Labute approximate surface area is 115 Å². The van der Waals surface area contributed by atoms with E-state index in [2.05, 4.69) is 24.0 Å². The monoisotopic (exact) mass is 255 g/mol. The van der Waals surface area contributed by atoms with E-state index in [1.807, 2.05) is 24.3 Å². The third kappa shape index (κ3) is 4.18. The zero-order chi connectivity index (χ0) is 13.5. The molecule has 1 aromatic carbocycles. The van der Waals surface area contributed by atoms with Gasteiger partial charge in [0.25, 0.3) is 0 Å². The Kier molecular flexibility index (Phi) is 5.10. The van der Waals surface area contributed by atoms with Crippen molar-refractivity contribution in [1.29, 1.82) is 0 Å². The Balaban J connectivity index is 1.95. The summed E-state index contributed by atoms with van der Waals surface area (Å²) in [6, 6.07) is 12.3. The zero-order valence-corrected chi connectivity index (χ0v) is 11.4. The number of aliphatic hydroxyl groups excluding tert-OH is 1. The molecule has 0 spiro atoms. The average Bonchev–Trinajstić information content (AvgIpc) is 2.46. The molecule has 0 fully saturated rings. The Bertz CT molecular complexity index is 496. The summed E-state index contributed by atoms with van der Waals surface area (Å²) in [4.78, 5) is 4.00. The van der Waals surface area contributed by atoms with Crippen LogP contribution >= 0.6 is 0 Å². The predicted octanol–water partition coefficient (Wildman–Crippen LogP) is 3.70. The van der Waals surface area contributed by atoms with E-state index >= 15 is 0 Å². The summed E-state index contributed by atoms with van der Waals surface area (Å²) in [5.41, 5.74) is 3.56. The van der Waals surface area contributed by atoms with Crippen LogP contribution in [0.4, 0.5) is 0 Å². The molecule has 2 nitrogen and oxygen atoms in total. The van der Waals surface area contributed by atoms with Crippen molar-refractivity contribution in [3.8, 4) is 0 Å². The largest absolute Gasteiger partial charge is 0.388 e. The highest BCUT2D eigenvalue weighted by molar-refractivity contribution is 5.25. The van der Waals surface area contributed by atoms with E-state index in [1.165, 1.54) is 11.1 Å². The lowest BCUT2D eigenvalue weighted by Crippen LogP contribution is -2.00. The van der Waals surface area contributed by atoms with E-state index in [-0.39, 0.29) is 6.10 Å². The van der Waals surface area contributed by atoms with Gasteiger partial charge in [-0.1, -0.05) is 37.6 Å². The highest BCUT2D eigenvalue weighted by Crippen LogP contribution is 2.20. The fourth-order valence-electron chi connectivity index (χ4n) is 2.26. The maximum Gasteiger partial charge on any atom is 0.0793 e. The molecule has 1 aromatic heterocycles. The summed E-state index contributed by atoms with van der Waals surface area (Å²) in [7, 11) is 0. The standard InChI is InChI=1S/C17H21NO/c1-2-4-15-5-3-6-16(13-15)17(19)8-7-14-9-11-18-12-10-14/h3,5-6,9-13,17,19H,2,4,7-8H2,1H3. The SMILES string of the molecule is CCCc1cccc(C(O)CCc2ccncc2)c1. The number of benzene rings is 1. The van der Waals surface area contributed by atoms with Crippen LogP contribution < -0.4 is 0 Å². The number of pyridine rings is 1. The van der Waals surface area contributed by atoms with Gasteiger partial charge in [-0.25, -0.2) is 0 Å². The van der Waals surface area contributed by atoms with E-state index < -0.39 is 0 Å². The summed E-state index contributed by atoms with van der Waals surface area (Å²) in [5.74, 6) is 0. The molecule has 0 radical (unpaired) electrons. The highest BCUT2D eigenvalue weighted by Gasteiger charge is 2.08. The first-order valence-electron chi connectivity index (χ1n) is 6.95. The minimum atomic E-state index is -0.384. The smallest absolute Gasteiger partial charge is 0.0793 e. The average molecular weight is 255 g/mol. The fraction of sp³-hybridized carbons (Fsp3) is 0.353. The Morgan fingerprint density at radius 2 is 1.84 bits per heavy atom. The van der Waals surface area contributed by atoms with Gasteiger partial charge in [0.1, 0.15) is 0 Å². The quantitative estimate of drug-likeness (QED) is 0.853. The van der Waals surface area contributed by atoms with Crippen LogP contribution in [-0.2, 0) is 12.8 Å². The maximum atomic E-state index is 10.3. The fourth-order valence-corrected chi connectivity index (χ4v) is 2.26. The molecule has 2 rings (SSSR count). The molecule has 1 N–H and O–H groups in total. The van der Waals surface area contributed by atoms with Gasteiger partial charge in [0.05, 0.1) is 6.10 Å². The summed E-state index contributed by atoms with van der Waals surface area (Å²) in [6.07, 6.45) is 7.04. The summed E-state index contributed by atoms with van der Waals surface area (Å²) < 4.78 is 0. The molecule has 19 heavy (non-hydrogen) atoms. The van der Waals surface area contributed by atoms with Gasteiger partial charge in [-0.3, -0.25) is 4.98 Å². The van der Waals surface area contributed by atoms with E-state index in [0.29, 0.717) is 0 Å². The van der Waals surface area contributed by atoms with Crippen LogP contribution in [0.15, 0.2) is 48.8 Å². The molecule has 2 heteroatoms. The second-order valence-electron chi connectivity index (χ2n) is 4.90. The van der Waals surface area contributed by atoms with Crippen molar-refractivity contribution in [2.45, 2.75) is 38.7 Å². The second-order valence-corrected chi connectivity index (χ2v) is 4.90. The molecule has 1 heterocycles. The number of aryl methyl sites for hydroxylation is 2. The lowest BCUT2D eigenvalue weighted by atomic mass is 9.99. The van der Waals surface area contributed by atoms with Crippen molar-refractivity contribution < 1.29 is 5.11 Å². The van der Waals surface area contributed by atoms with Crippen LogP contribution in [-0.4, -0.2) is 10.1 Å².